The monoisotopic (exact) mass is 357 g/mol. The first-order valence-electron chi connectivity index (χ1n) is 7.91. The Morgan fingerprint density at radius 1 is 1.35 bits per heavy atom. The second-order valence-electron chi connectivity index (χ2n) is 7.25. The lowest BCUT2D eigenvalue weighted by Crippen LogP contribution is -2.60. The molecule has 23 heavy (non-hydrogen) atoms. The molecular formula is C16H23NO4S2. The van der Waals surface area contributed by atoms with E-state index in [1.807, 2.05) is 12.1 Å². The fraction of sp³-hybridized carbons (Fsp3) is 0.688. The molecule has 0 N–H and O–H groups in total. The van der Waals surface area contributed by atoms with E-state index in [0.29, 0.717) is 17.9 Å². The molecule has 2 unspecified atom stereocenters. The molecule has 2 saturated heterocycles. The Morgan fingerprint density at radius 2 is 2.09 bits per heavy atom. The van der Waals surface area contributed by atoms with Gasteiger partial charge in [-0.2, -0.15) is 0 Å². The molecule has 2 aliphatic rings. The van der Waals surface area contributed by atoms with Crippen LogP contribution in [0, 0.1) is 0 Å². The summed E-state index contributed by atoms with van der Waals surface area (Å²) in [5, 5.41) is -0.573. The molecule has 1 amide bonds. The van der Waals surface area contributed by atoms with Gasteiger partial charge in [0.15, 0.2) is 9.84 Å². The zero-order chi connectivity index (χ0) is 16.8. The molecule has 1 aromatic heterocycles. The summed E-state index contributed by atoms with van der Waals surface area (Å²) in [7, 11) is -3.17. The highest BCUT2D eigenvalue weighted by Crippen LogP contribution is 2.32. The summed E-state index contributed by atoms with van der Waals surface area (Å²) >= 11 is 1.51. The van der Waals surface area contributed by atoms with E-state index in [1.54, 1.807) is 4.90 Å². The van der Waals surface area contributed by atoms with Gasteiger partial charge >= 0.3 is 0 Å². The number of sulfone groups is 1. The van der Waals surface area contributed by atoms with Crippen molar-refractivity contribution in [2.45, 2.75) is 43.9 Å². The summed E-state index contributed by atoms with van der Waals surface area (Å²) < 4.78 is 29.8. The first-order chi connectivity index (χ1) is 10.7. The zero-order valence-corrected chi connectivity index (χ0v) is 15.4. The molecule has 2 atom stereocenters. The van der Waals surface area contributed by atoms with Crippen molar-refractivity contribution in [1.29, 1.82) is 0 Å². The topological polar surface area (TPSA) is 63.7 Å². The number of fused-ring (bicyclic) bond motifs is 1. The van der Waals surface area contributed by atoms with Gasteiger partial charge in [0.25, 0.3) is 5.91 Å². The molecule has 1 aromatic rings. The molecule has 3 heterocycles. The number of carbonyl (C=O) groups excluding carboxylic acids is 1. The van der Waals surface area contributed by atoms with Crippen molar-refractivity contribution in [1.82, 2.24) is 4.90 Å². The third-order valence-corrected chi connectivity index (χ3v) is 8.19. The lowest BCUT2D eigenvalue weighted by molar-refractivity contribution is 0.0297. The van der Waals surface area contributed by atoms with E-state index in [9.17, 15) is 13.2 Å². The molecule has 5 nitrogen and oxygen atoms in total. The molecule has 128 valence electrons. The highest BCUT2D eigenvalue weighted by atomic mass is 32.2. The Labute approximate surface area is 141 Å². The van der Waals surface area contributed by atoms with Gasteiger partial charge in [0.1, 0.15) is 5.25 Å². The molecule has 2 aliphatic heterocycles. The molecule has 2 fully saturated rings. The van der Waals surface area contributed by atoms with Crippen LogP contribution in [0.1, 0.15) is 41.7 Å². The number of hydrogen-bond donors (Lipinski definition) is 0. The summed E-state index contributed by atoms with van der Waals surface area (Å²) in [5.41, 5.74) is 0.00957. The van der Waals surface area contributed by atoms with Gasteiger partial charge in [-0.1, -0.05) is 20.8 Å². The highest BCUT2D eigenvalue weighted by molar-refractivity contribution is 7.92. The van der Waals surface area contributed by atoms with E-state index in [-0.39, 0.29) is 36.3 Å². The quantitative estimate of drug-likeness (QED) is 0.772. The maximum absolute atomic E-state index is 12.9. The fourth-order valence-corrected chi connectivity index (χ4v) is 6.03. The highest BCUT2D eigenvalue weighted by Gasteiger charge is 2.45. The minimum absolute atomic E-state index is 0.00957. The molecule has 0 aliphatic carbocycles. The molecular weight excluding hydrogens is 334 g/mol. The van der Waals surface area contributed by atoms with Crippen molar-refractivity contribution >= 4 is 27.1 Å². The Bertz CT molecular complexity index is 702. The van der Waals surface area contributed by atoms with E-state index < -0.39 is 15.1 Å². The number of thiophene rings is 1. The van der Waals surface area contributed by atoms with E-state index >= 15 is 0 Å². The van der Waals surface area contributed by atoms with Crippen molar-refractivity contribution in [3.8, 4) is 0 Å². The fourth-order valence-electron chi connectivity index (χ4n) is 3.19. The number of amides is 1. The van der Waals surface area contributed by atoms with Crippen LogP contribution in [0.15, 0.2) is 12.1 Å². The molecule has 0 saturated carbocycles. The normalized spacial score (nSPS) is 27.5. The number of hydrogen-bond acceptors (Lipinski definition) is 5. The van der Waals surface area contributed by atoms with Crippen LogP contribution in [0.2, 0.25) is 0 Å². The van der Waals surface area contributed by atoms with Crippen LogP contribution in [-0.2, 0) is 20.0 Å². The predicted molar refractivity (Wildman–Crippen MR) is 90.9 cm³/mol. The third-order valence-electron chi connectivity index (χ3n) is 4.56. The summed E-state index contributed by atoms with van der Waals surface area (Å²) in [6.45, 7) is 7.36. The van der Waals surface area contributed by atoms with E-state index in [4.69, 9.17) is 4.74 Å². The van der Waals surface area contributed by atoms with Crippen molar-refractivity contribution in [3.63, 3.8) is 0 Å². The first kappa shape index (κ1) is 16.9. The number of rotatable bonds is 1. The van der Waals surface area contributed by atoms with Crippen molar-refractivity contribution in [3.05, 3.63) is 21.9 Å². The maximum Gasteiger partial charge on any atom is 0.264 e. The van der Waals surface area contributed by atoms with Gasteiger partial charge in [-0.05, 0) is 24.0 Å². The predicted octanol–water partition coefficient (Wildman–Crippen LogP) is 2.07. The van der Waals surface area contributed by atoms with Gasteiger partial charge in [-0.15, -0.1) is 11.3 Å². The second kappa shape index (κ2) is 5.86. The van der Waals surface area contributed by atoms with Crippen molar-refractivity contribution in [2.75, 3.05) is 25.5 Å². The van der Waals surface area contributed by atoms with Crippen LogP contribution >= 0.6 is 11.3 Å². The minimum atomic E-state index is -3.17. The lowest BCUT2D eigenvalue weighted by atomic mass is 9.95. The molecule has 0 spiro atoms. The summed E-state index contributed by atoms with van der Waals surface area (Å²) in [5.74, 6) is -0.0156. The molecule has 0 bridgehead atoms. The number of ether oxygens (including phenoxy) is 1. The van der Waals surface area contributed by atoms with Gasteiger partial charge < -0.3 is 9.64 Å². The molecule has 0 radical (unpaired) electrons. The smallest absolute Gasteiger partial charge is 0.264 e. The van der Waals surface area contributed by atoms with Gasteiger partial charge in [-0.3, -0.25) is 4.79 Å². The number of nitrogens with zero attached hydrogens (tertiary/aromatic N) is 1. The van der Waals surface area contributed by atoms with Gasteiger partial charge in [0.05, 0.1) is 23.3 Å². The summed E-state index contributed by atoms with van der Waals surface area (Å²) in [4.78, 5) is 16.5. The Hall–Kier alpha value is -0.920. The van der Waals surface area contributed by atoms with Crippen LogP contribution in [0.5, 0.6) is 0 Å². The molecule has 7 heteroatoms. The van der Waals surface area contributed by atoms with Crippen LogP contribution in [0.25, 0.3) is 0 Å². The minimum Gasteiger partial charge on any atom is -0.380 e. The average molecular weight is 357 g/mol. The van der Waals surface area contributed by atoms with Gasteiger partial charge in [-0.25, -0.2) is 8.42 Å². The second-order valence-corrected chi connectivity index (χ2v) is 10.7. The lowest BCUT2D eigenvalue weighted by Gasteiger charge is -2.43. The third kappa shape index (κ3) is 3.19. The van der Waals surface area contributed by atoms with Crippen LogP contribution < -0.4 is 0 Å². The standard InChI is InChI=1S/C16H23NO4S2/c1-16(2,3)14-5-4-12(22-14)15(18)17-7-9-23(19,20)13-10-21-8-6-11(13)17/h4-5,11,13H,6-10H2,1-3H3. The van der Waals surface area contributed by atoms with Gasteiger partial charge in [0.2, 0.25) is 0 Å². The Kier molecular flexibility index (Phi) is 4.31. The first-order valence-corrected chi connectivity index (χ1v) is 10.4. The van der Waals surface area contributed by atoms with Crippen molar-refractivity contribution in [2.24, 2.45) is 0 Å². The number of carbonyl (C=O) groups is 1. The molecule has 0 aromatic carbocycles. The van der Waals surface area contributed by atoms with E-state index in [0.717, 1.165) is 4.88 Å². The summed E-state index contributed by atoms with van der Waals surface area (Å²) in [6.07, 6.45) is 0.590. The summed E-state index contributed by atoms with van der Waals surface area (Å²) in [6, 6.07) is 3.61. The van der Waals surface area contributed by atoms with Gasteiger partial charge in [0, 0.05) is 18.0 Å². The molecule has 3 rings (SSSR count). The van der Waals surface area contributed by atoms with Crippen LogP contribution in [-0.4, -0.2) is 56.0 Å². The largest absolute Gasteiger partial charge is 0.380 e. The van der Waals surface area contributed by atoms with Crippen LogP contribution in [0.3, 0.4) is 0 Å². The van der Waals surface area contributed by atoms with Crippen LogP contribution in [0.4, 0.5) is 0 Å². The average Bonchev–Trinajstić information content (AvgIpc) is 2.97. The Morgan fingerprint density at radius 3 is 2.74 bits per heavy atom. The maximum atomic E-state index is 12.9. The zero-order valence-electron chi connectivity index (χ0n) is 13.7. The van der Waals surface area contributed by atoms with E-state index in [1.165, 1.54) is 11.3 Å². The Balaban J connectivity index is 1.86. The SMILES string of the molecule is CC(C)(C)c1ccc(C(=O)N2CCS(=O)(=O)C3COCCC32)s1. The van der Waals surface area contributed by atoms with E-state index in [2.05, 4.69) is 20.8 Å². The van der Waals surface area contributed by atoms with Crippen molar-refractivity contribution < 1.29 is 17.9 Å².